The van der Waals surface area contributed by atoms with E-state index in [0.29, 0.717) is 31.6 Å². The van der Waals surface area contributed by atoms with Crippen LogP contribution in [0.2, 0.25) is 5.02 Å². The zero-order valence-corrected chi connectivity index (χ0v) is 17.5. The molecule has 2 amide bonds. The highest BCUT2D eigenvalue weighted by Gasteiger charge is 2.28. The van der Waals surface area contributed by atoms with E-state index in [0.717, 1.165) is 6.07 Å². The molecular weight excluding hydrogens is 397 g/mol. The van der Waals surface area contributed by atoms with Gasteiger partial charge in [0.25, 0.3) is 5.91 Å². The van der Waals surface area contributed by atoms with Gasteiger partial charge >= 0.3 is 6.09 Å². The van der Waals surface area contributed by atoms with Crippen LogP contribution in [0.4, 0.5) is 14.9 Å². The maximum absolute atomic E-state index is 14.0. The van der Waals surface area contributed by atoms with Crippen molar-refractivity contribution in [3.05, 3.63) is 53.1 Å². The third-order valence-corrected chi connectivity index (χ3v) is 4.94. The van der Waals surface area contributed by atoms with Gasteiger partial charge in [-0.1, -0.05) is 11.6 Å². The van der Waals surface area contributed by atoms with Crippen LogP contribution in [0.1, 0.15) is 50.1 Å². The number of ether oxygens (including phenoxy) is 1. The van der Waals surface area contributed by atoms with E-state index >= 15 is 0 Å². The van der Waals surface area contributed by atoms with E-state index in [-0.39, 0.29) is 22.8 Å². The van der Waals surface area contributed by atoms with Gasteiger partial charge in [-0.15, -0.1) is 0 Å². The standard InChI is InChI=1S/C21H25ClFN3O3/c1-21(2,3)29-20(28)25-11-8-15(9-12-25)26-10-4-5-18(26)19(27)24-17-7-6-14(22)13-16(17)23/h4-7,10,13,15H,8-9,11-12H2,1-3H3,(H,24,27). The summed E-state index contributed by atoms with van der Waals surface area (Å²) in [7, 11) is 0. The Morgan fingerprint density at radius 2 is 1.90 bits per heavy atom. The van der Waals surface area contributed by atoms with Crippen molar-refractivity contribution in [2.75, 3.05) is 18.4 Å². The molecule has 6 nitrogen and oxygen atoms in total. The minimum atomic E-state index is -0.588. The summed E-state index contributed by atoms with van der Waals surface area (Å²) in [6.07, 6.45) is 2.91. The van der Waals surface area contributed by atoms with Gasteiger partial charge in [0.15, 0.2) is 0 Å². The fraction of sp³-hybridized carbons (Fsp3) is 0.429. The van der Waals surface area contributed by atoms with Gasteiger partial charge in [0.1, 0.15) is 17.1 Å². The molecule has 0 saturated carbocycles. The van der Waals surface area contributed by atoms with E-state index in [9.17, 15) is 14.0 Å². The molecule has 0 radical (unpaired) electrons. The first kappa shape index (κ1) is 21.2. The average Bonchev–Trinajstić information content (AvgIpc) is 3.12. The number of likely N-dealkylation sites (tertiary alicyclic amines) is 1. The van der Waals surface area contributed by atoms with Crippen molar-refractivity contribution in [2.45, 2.75) is 45.3 Å². The van der Waals surface area contributed by atoms with E-state index in [2.05, 4.69) is 5.32 Å². The van der Waals surface area contributed by atoms with E-state index in [1.165, 1.54) is 12.1 Å². The van der Waals surface area contributed by atoms with Gasteiger partial charge in [0.2, 0.25) is 0 Å². The van der Waals surface area contributed by atoms with Crippen molar-refractivity contribution in [3.63, 3.8) is 0 Å². The van der Waals surface area contributed by atoms with Crippen molar-refractivity contribution in [1.29, 1.82) is 0 Å². The number of benzene rings is 1. The third kappa shape index (κ3) is 5.29. The number of anilines is 1. The molecule has 1 fully saturated rings. The lowest BCUT2D eigenvalue weighted by molar-refractivity contribution is 0.0187. The highest BCUT2D eigenvalue weighted by atomic mass is 35.5. The smallest absolute Gasteiger partial charge is 0.410 e. The van der Waals surface area contributed by atoms with Crippen LogP contribution in [0.25, 0.3) is 0 Å². The molecule has 1 saturated heterocycles. The molecule has 1 aliphatic heterocycles. The molecule has 2 heterocycles. The summed E-state index contributed by atoms with van der Waals surface area (Å²) in [5.41, 5.74) is -0.0155. The summed E-state index contributed by atoms with van der Waals surface area (Å²) in [4.78, 5) is 26.6. The highest BCUT2D eigenvalue weighted by Crippen LogP contribution is 2.26. The van der Waals surface area contributed by atoms with Crippen LogP contribution >= 0.6 is 11.6 Å². The Hall–Kier alpha value is -2.54. The molecule has 0 unspecified atom stereocenters. The normalized spacial score (nSPS) is 15.3. The quantitative estimate of drug-likeness (QED) is 0.749. The molecule has 0 spiro atoms. The number of hydrogen-bond acceptors (Lipinski definition) is 3. The van der Waals surface area contributed by atoms with Crippen LogP contribution in [-0.2, 0) is 4.74 Å². The maximum atomic E-state index is 14.0. The number of piperidine rings is 1. The third-order valence-electron chi connectivity index (χ3n) is 4.70. The number of hydrogen-bond donors (Lipinski definition) is 1. The lowest BCUT2D eigenvalue weighted by Crippen LogP contribution is -2.42. The lowest BCUT2D eigenvalue weighted by atomic mass is 10.0. The number of amides is 2. The second-order valence-corrected chi connectivity index (χ2v) is 8.51. The Balaban J connectivity index is 1.65. The van der Waals surface area contributed by atoms with Crippen LogP contribution in [0, 0.1) is 5.82 Å². The Labute approximate surface area is 174 Å². The van der Waals surface area contributed by atoms with Gasteiger partial charge in [-0.3, -0.25) is 4.79 Å². The zero-order valence-electron chi connectivity index (χ0n) is 16.7. The molecular formula is C21H25ClFN3O3. The van der Waals surface area contributed by atoms with Crippen molar-refractivity contribution < 1.29 is 18.7 Å². The number of aromatic nitrogens is 1. The topological polar surface area (TPSA) is 63.6 Å². The van der Waals surface area contributed by atoms with Crippen LogP contribution < -0.4 is 5.32 Å². The number of carbonyl (C=O) groups is 2. The Bertz CT molecular complexity index is 899. The van der Waals surface area contributed by atoms with Gasteiger partial charge < -0.3 is 19.5 Å². The molecule has 0 atom stereocenters. The summed E-state index contributed by atoms with van der Waals surface area (Å²) in [5.74, 6) is -0.986. The first-order valence-corrected chi connectivity index (χ1v) is 9.93. The zero-order chi connectivity index (χ0) is 21.2. The number of halogens is 2. The summed E-state index contributed by atoms with van der Waals surface area (Å²) in [6, 6.07) is 7.66. The molecule has 1 aliphatic rings. The molecule has 1 N–H and O–H groups in total. The van der Waals surface area contributed by atoms with Crippen molar-refractivity contribution in [3.8, 4) is 0 Å². The van der Waals surface area contributed by atoms with E-state index in [1.807, 2.05) is 31.5 Å². The van der Waals surface area contributed by atoms with Crippen LogP contribution in [0.3, 0.4) is 0 Å². The highest BCUT2D eigenvalue weighted by molar-refractivity contribution is 6.30. The van der Waals surface area contributed by atoms with Crippen molar-refractivity contribution in [1.82, 2.24) is 9.47 Å². The summed E-state index contributed by atoms with van der Waals surface area (Å²) >= 11 is 5.76. The second kappa shape index (κ2) is 8.45. The molecule has 1 aromatic carbocycles. The fourth-order valence-corrected chi connectivity index (χ4v) is 3.49. The number of nitrogens with zero attached hydrogens (tertiary/aromatic N) is 2. The molecule has 29 heavy (non-hydrogen) atoms. The first-order chi connectivity index (χ1) is 13.6. The van der Waals surface area contributed by atoms with Crippen molar-refractivity contribution in [2.24, 2.45) is 0 Å². The van der Waals surface area contributed by atoms with Crippen LogP contribution in [0.5, 0.6) is 0 Å². The predicted molar refractivity (Wildman–Crippen MR) is 110 cm³/mol. The van der Waals surface area contributed by atoms with Crippen molar-refractivity contribution >= 4 is 29.3 Å². The van der Waals surface area contributed by atoms with Gasteiger partial charge in [-0.2, -0.15) is 0 Å². The largest absolute Gasteiger partial charge is 0.444 e. The lowest BCUT2D eigenvalue weighted by Gasteiger charge is -2.34. The van der Waals surface area contributed by atoms with Gasteiger partial charge in [0, 0.05) is 30.4 Å². The number of nitrogens with one attached hydrogen (secondary N) is 1. The minimum Gasteiger partial charge on any atom is -0.444 e. The molecule has 156 valence electrons. The molecule has 1 aromatic heterocycles. The molecule has 3 rings (SSSR count). The Morgan fingerprint density at radius 3 is 2.52 bits per heavy atom. The van der Waals surface area contributed by atoms with E-state index in [1.54, 1.807) is 17.0 Å². The monoisotopic (exact) mass is 421 g/mol. The molecule has 0 bridgehead atoms. The Kier molecular flexibility index (Phi) is 6.17. The molecule has 8 heteroatoms. The SMILES string of the molecule is CC(C)(C)OC(=O)N1CCC(n2cccc2C(=O)Nc2ccc(Cl)cc2F)CC1. The van der Waals surface area contributed by atoms with Crippen LogP contribution in [0.15, 0.2) is 36.5 Å². The van der Waals surface area contributed by atoms with Gasteiger partial charge in [-0.05, 0) is 63.9 Å². The Morgan fingerprint density at radius 1 is 1.21 bits per heavy atom. The summed E-state index contributed by atoms with van der Waals surface area (Å²) in [6.45, 7) is 6.61. The number of rotatable bonds is 3. The average molecular weight is 422 g/mol. The first-order valence-electron chi connectivity index (χ1n) is 9.55. The van der Waals surface area contributed by atoms with Gasteiger partial charge in [-0.25, -0.2) is 9.18 Å². The molecule has 0 aliphatic carbocycles. The molecule has 2 aromatic rings. The van der Waals surface area contributed by atoms with Crippen LogP contribution in [-0.4, -0.2) is 40.2 Å². The predicted octanol–water partition coefficient (Wildman–Crippen LogP) is 5.10. The fourth-order valence-electron chi connectivity index (χ4n) is 3.33. The second-order valence-electron chi connectivity index (χ2n) is 8.08. The van der Waals surface area contributed by atoms with Gasteiger partial charge in [0.05, 0.1) is 5.69 Å². The maximum Gasteiger partial charge on any atom is 0.410 e. The summed E-state index contributed by atoms with van der Waals surface area (Å²) in [5, 5.41) is 2.86. The van der Waals surface area contributed by atoms with E-state index < -0.39 is 17.3 Å². The number of carbonyl (C=O) groups excluding carboxylic acids is 2. The summed E-state index contributed by atoms with van der Waals surface area (Å²) < 4.78 is 21.3. The minimum absolute atomic E-state index is 0.0690. The van der Waals surface area contributed by atoms with E-state index in [4.69, 9.17) is 16.3 Å².